The van der Waals surface area contributed by atoms with Gasteiger partial charge >= 0.3 is 11.9 Å². The fraction of sp³-hybridized carbons (Fsp3) is 0.811. The van der Waals surface area contributed by atoms with E-state index in [-0.39, 0.29) is 19.4 Å². The number of esters is 2. The van der Waals surface area contributed by atoms with E-state index < -0.39 is 99.3 Å². The summed E-state index contributed by atoms with van der Waals surface area (Å²) < 4.78 is 33.6. The van der Waals surface area contributed by atoms with E-state index in [4.69, 9.17) is 28.4 Å². The van der Waals surface area contributed by atoms with Gasteiger partial charge in [0.25, 0.3) is 0 Å². The Morgan fingerprint density at radius 2 is 0.926 bits per heavy atom. The molecule has 2 saturated heterocycles. The highest BCUT2D eigenvalue weighted by Crippen LogP contribution is 2.26. The van der Waals surface area contributed by atoms with Crippen molar-refractivity contribution in [2.75, 3.05) is 26.4 Å². The lowest BCUT2D eigenvalue weighted by atomic mass is 9.98. The van der Waals surface area contributed by atoms with Gasteiger partial charge in [-0.3, -0.25) is 9.59 Å². The number of carbonyl (C=O) groups excluding carboxylic acids is 2. The minimum absolute atomic E-state index is 0.145. The van der Waals surface area contributed by atoms with Gasteiger partial charge in [-0.15, -0.1) is 0 Å². The molecule has 2 aliphatic heterocycles. The summed E-state index contributed by atoms with van der Waals surface area (Å²) in [5.41, 5.74) is 0. The molecule has 0 aromatic carbocycles. The molecule has 394 valence electrons. The fourth-order valence-corrected chi connectivity index (χ4v) is 7.94. The molecule has 0 amide bonds. The van der Waals surface area contributed by atoms with Gasteiger partial charge in [-0.2, -0.15) is 0 Å². The van der Waals surface area contributed by atoms with Crippen LogP contribution in [0.2, 0.25) is 0 Å². The minimum Gasteiger partial charge on any atom is -0.462 e. The molecule has 68 heavy (non-hydrogen) atoms. The number of hydrogen-bond acceptors (Lipinski definition) is 15. The molecule has 2 heterocycles. The van der Waals surface area contributed by atoms with Crippen LogP contribution in [0.3, 0.4) is 0 Å². The maximum Gasteiger partial charge on any atom is 0.306 e. The van der Waals surface area contributed by atoms with Gasteiger partial charge in [0.15, 0.2) is 18.7 Å². The first-order valence-electron chi connectivity index (χ1n) is 26.2. The topological polar surface area (TPSA) is 231 Å². The zero-order valence-electron chi connectivity index (χ0n) is 41.6. The molecule has 7 N–H and O–H groups in total. The van der Waals surface area contributed by atoms with Crippen LogP contribution in [0.15, 0.2) is 48.6 Å². The molecule has 2 aliphatic rings. The van der Waals surface area contributed by atoms with Crippen LogP contribution < -0.4 is 0 Å². The van der Waals surface area contributed by atoms with Gasteiger partial charge in [-0.1, -0.05) is 146 Å². The second kappa shape index (κ2) is 40.1. The van der Waals surface area contributed by atoms with Crippen molar-refractivity contribution in [1.82, 2.24) is 0 Å². The first-order valence-corrected chi connectivity index (χ1v) is 26.2. The summed E-state index contributed by atoms with van der Waals surface area (Å²) in [6.45, 7) is 2.52. The van der Waals surface area contributed by atoms with Crippen LogP contribution in [0, 0.1) is 0 Å². The van der Waals surface area contributed by atoms with E-state index in [0.29, 0.717) is 12.8 Å². The smallest absolute Gasteiger partial charge is 0.306 e. The summed E-state index contributed by atoms with van der Waals surface area (Å²) in [6.07, 6.45) is 27.0. The number of carbonyl (C=O) groups is 2. The molecule has 11 atom stereocenters. The van der Waals surface area contributed by atoms with Crippen LogP contribution in [0.25, 0.3) is 0 Å². The van der Waals surface area contributed by atoms with Crippen molar-refractivity contribution in [2.45, 2.75) is 248 Å². The predicted molar refractivity (Wildman–Crippen MR) is 261 cm³/mol. The van der Waals surface area contributed by atoms with E-state index in [1.807, 2.05) is 0 Å². The van der Waals surface area contributed by atoms with Crippen LogP contribution in [-0.2, 0) is 38.0 Å². The average molecular weight is 969 g/mol. The van der Waals surface area contributed by atoms with Gasteiger partial charge in [0, 0.05) is 12.8 Å². The lowest BCUT2D eigenvalue weighted by Gasteiger charge is -2.42. The molecule has 0 aromatic rings. The summed E-state index contributed by atoms with van der Waals surface area (Å²) in [7, 11) is 0. The third kappa shape index (κ3) is 27.7. The molecule has 0 aromatic heterocycles. The Labute approximate surface area is 408 Å². The maximum atomic E-state index is 13.0. The van der Waals surface area contributed by atoms with E-state index in [1.165, 1.54) is 64.2 Å². The van der Waals surface area contributed by atoms with E-state index in [0.717, 1.165) is 77.0 Å². The molecule has 2 fully saturated rings. The number of rotatable bonds is 40. The number of aliphatic hydroxyl groups is 7. The van der Waals surface area contributed by atoms with E-state index in [1.54, 1.807) is 0 Å². The molecular weight excluding hydrogens is 877 g/mol. The van der Waals surface area contributed by atoms with Gasteiger partial charge in [0.05, 0.1) is 19.8 Å². The van der Waals surface area contributed by atoms with E-state index in [2.05, 4.69) is 62.5 Å². The van der Waals surface area contributed by atoms with Crippen molar-refractivity contribution in [3.05, 3.63) is 48.6 Å². The minimum atomic E-state index is -1.77. The van der Waals surface area contributed by atoms with Crippen molar-refractivity contribution < 1.29 is 73.8 Å². The Hall–Kier alpha value is -2.54. The molecule has 0 bridgehead atoms. The molecule has 0 aliphatic carbocycles. The zero-order valence-corrected chi connectivity index (χ0v) is 41.6. The normalized spacial score (nSPS) is 26.1. The molecule has 2 rings (SSSR count). The Bertz CT molecular complexity index is 1370. The van der Waals surface area contributed by atoms with Gasteiger partial charge in [-0.25, -0.2) is 0 Å². The lowest BCUT2D eigenvalue weighted by Crippen LogP contribution is -2.61. The lowest BCUT2D eigenvalue weighted by molar-refractivity contribution is -0.332. The monoisotopic (exact) mass is 969 g/mol. The molecule has 0 spiro atoms. The third-order valence-electron chi connectivity index (χ3n) is 12.3. The van der Waals surface area contributed by atoms with Gasteiger partial charge in [-0.05, 0) is 70.6 Å². The highest BCUT2D eigenvalue weighted by Gasteiger charge is 2.47. The SMILES string of the molecule is CCCCC/C=C/C/C=C/CCCCCCCCCC(=O)OC[C@@H](CO[C@@H]1O[C@H](CO[C@@H]2O[C@H](CO)[C@H](O)C(O)C2O)[C@H](O)C(O)C1O)OC(=O)CCCCCCC/C=C/C=C/CCCCCC. The van der Waals surface area contributed by atoms with Crippen molar-refractivity contribution in [3.63, 3.8) is 0 Å². The Kier molecular flexibility index (Phi) is 36.3. The van der Waals surface area contributed by atoms with Crippen LogP contribution in [0.5, 0.6) is 0 Å². The number of aliphatic hydroxyl groups excluding tert-OH is 7. The molecule has 4 unspecified atom stereocenters. The van der Waals surface area contributed by atoms with Crippen molar-refractivity contribution in [2.24, 2.45) is 0 Å². The first kappa shape index (κ1) is 61.6. The summed E-state index contributed by atoms with van der Waals surface area (Å²) in [5.74, 6) is -0.952. The Morgan fingerprint density at radius 1 is 0.485 bits per heavy atom. The number of allylic oxidation sites excluding steroid dienone is 8. The quantitative estimate of drug-likeness (QED) is 0.0137. The van der Waals surface area contributed by atoms with Gasteiger partial charge in [0.2, 0.25) is 0 Å². The van der Waals surface area contributed by atoms with E-state index in [9.17, 15) is 45.3 Å². The molecule has 15 heteroatoms. The van der Waals surface area contributed by atoms with Crippen LogP contribution in [0.4, 0.5) is 0 Å². The standard InChI is InChI=1S/C53H92O15/c1-3-5-7-9-11-13-15-17-19-20-22-23-25-27-29-31-33-35-44(55)63-38-41(66-45(56)36-34-32-30-28-26-24-21-18-16-14-12-10-8-6-4-2)39-64-52-51(62)49(60)47(58)43(68-52)40-65-53-50(61)48(59)46(57)42(37-54)67-53/h11,13-14,16-19,21,41-43,46-54,57-62H,3-10,12,15,20,22-40H2,1-2H3/b13-11+,16-14+,19-17+,21-18+/t41-,42+,43+,46-,47-,48?,49?,50?,51?,52+,53+/m0/s1. The summed E-state index contributed by atoms with van der Waals surface area (Å²) >= 11 is 0. The van der Waals surface area contributed by atoms with Crippen LogP contribution in [-0.4, -0.2) is 142 Å². The first-order chi connectivity index (χ1) is 33.0. The summed E-state index contributed by atoms with van der Waals surface area (Å²) in [5, 5.41) is 72.1. The number of ether oxygens (including phenoxy) is 6. The fourth-order valence-electron chi connectivity index (χ4n) is 7.94. The van der Waals surface area contributed by atoms with Crippen LogP contribution in [0.1, 0.15) is 181 Å². The van der Waals surface area contributed by atoms with Crippen molar-refractivity contribution in [3.8, 4) is 0 Å². The summed E-state index contributed by atoms with van der Waals surface area (Å²) in [4.78, 5) is 25.8. The van der Waals surface area contributed by atoms with Gasteiger partial charge in [0.1, 0.15) is 55.4 Å². The highest BCUT2D eigenvalue weighted by molar-refractivity contribution is 5.70. The molecule has 0 radical (unpaired) electrons. The second-order valence-corrected chi connectivity index (χ2v) is 18.4. The highest BCUT2D eigenvalue weighted by atomic mass is 16.7. The molecule has 0 saturated carbocycles. The molecular formula is C53H92O15. The largest absolute Gasteiger partial charge is 0.462 e. The van der Waals surface area contributed by atoms with E-state index >= 15 is 0 Å². The Morgan fingerprint density at radius 3 is 1.49 bits per heavy atom. The number of unbranched alkanes of at least 4 members (excludes halogenated alkanes) is 19. The van der Waals surface area contributed by atoms with Crippen LogP contribution >= 0.6 is 0 Å². The summed E-state index contributed by atoms with van der Waals surface area (Å²) in [6, 6.07) is 0. The van der Waals surface area contributed by atoms with Gasteiger partial charge < -0.3 is 64.2 Å². The third-order valence-corrected chi connectivity index (χ3v) is 12.3. The van der Waals surface area contributed by atoms with Crippen molar-refractivity contribution >= 4 is 11.9 Å². The van der Waals surface area contributed by atoms with Crippen molar-refractivity contribution in [1.29, 1.82) is 0 Å². The number of hydrogen-bond donors (Lipinski definition) is 7. The molecule has 15 nitrogen and oxygen atoms in total. The second-order valence-electron chi connectivity index (χ2n) is 18.4. The average Bonchev–Trinajstić information content (AvgIpc) is 3.33. The maximum absolute atomic E-state index is 13.0. The Balaban J connectivity index is 1.81. The predicted octanol–water partition coefficient (Wildman–Crippen LogP) is 7.49. The zero-order chi connectivity index (χ0) is 49.6.